The predicted molar refractivity (Wildman–Crippen MR) is 306 cm³/mol. The first-order chi connectivity index (χ1) is 26.4. The van der Waals surface area contributed by atoms with Gasteiger partial charge in [-0.1, -0.05) is 194 Å². The summed E-state index contributed by atoms with van der Waals surface area (Å²) in [6, 6.07) is 0. The van der Waals surface area contributed by atoms with E-state index in [0.717, 1.165) is 16.6 Å². The van der Waals surface area contributed by atoms with Gasteiger partial charge in [-0.25, -0.2) is 0 Å². The summed E-state index contributed by atoms with van der Waals surface area (Å²) in [5.74, 6) is 1.58. The number of thiol groups is 2. The summed E-state index contributed by atoms with van der Waals surface area (Å²) in [5, 5.41) is 1.01. The van der Waals surface area contributed by atoms with E-state index >= 15 is 0 Å². The molecule has 0 aliphatic carbocycles. The van der Waals surface area contributed by atoms with E-state index in [1.54, 1.807) is 0 Å². The Hall–Kier alpha value is 5.32. The number of hydrogen-bond donors (Lipinski definition) is 2. The van der Waals surface area contributed by atoms with Crippen LogP contribution < -0.4 is 0 Å². The van der Waals surface area contributed by atoms with Crippen molar-refractivity contribution in [3.63, 3.8) is 0 Å². The average molecular weight is 1150 g/mol. The van der Waals surface area contributed by atoms with Gasteiger partial charge < -0.3 is 0 Å². The summed E-state index contributed by atoms with van der Waals surface area (Å²) in [6.07, 6.45) is 13.4. The molecule has 0 aromatic heterocycles. The molecule has 0 unspecified atom stereocenters. The Labute approximate surface area is 422 Å². The Kier molecular flexibility index (Phi) is 18.7. The van der Waals surface area contributed by atoms with E-state index in [-0.39, 0.29) is 0 Å². The molecule has 286 valence electrons. The molecule has 0 aromatic rings. The highest BCUT2D eigenvalue weighted by Gasteiger charge is 2.36. The van der Waals surface area contributed by atoms with Crippen LogP contribution in [0, 0.1) is 0 Å². The molecule has 0 nitrogen and oxygen atoms in total. The standard InChI is InChI=1S/C30H22S24/c1-33-17-18(34-2)50-29(49-17)30-53-26-27(54-30)48-16(47-26)7-15-45-20(36-4)22(46-15)38-10-37-21-19(35-3)41-13(42-21)5-6-14-43-24-25(44-14)52-28(51-24)23-39-11(8-31)12(9-32)40-23/h5-6,31-32H,8-10H2,1-4H3. The fourth-order valence-corrected chi connectivity index (χ4v) is 36.8. The van der Waals surface area contributed by atoms with Crippen LogP contribution in [0.1, 0.15) is 0 Å². The second-order valence-corrected chi connectivity index (χ2v) is 37.2. The molecule has 0 bridgehead atoms. The first-order valence-electron chi connectivity index (χ1n) is 14.7. The highest BCUT2D eigenvalue weighted by Crippen LogP contribution is 2.72. The highest BCUT2D eigenvalue weighted by molar-refractivity contribution is 8.51. The lowest BCUT2D eigenvalue weighted by atomic mass is 10.6. The molecular formula is C30H22S24. The van der Waals surface area contributed by atoms with Crippen LogP contribution in [-0.2, 0) is 0 Å². The van der Waals surface area contributed by atoms with Crippen molar-refractivity contribution in [2.45, 2.75) is 0 Å². The SMILES string of the molecule is CSC1=C(SCSC2=C(SC)SC(=CC=C3SC4=C(S3)SC(=C3SC(CS)=C(CS)S3)S4)S2)SC(=C=C2SC3=C(S2)SC(=C2SC(SC)=C(SC)S2)S3)S1. The summed E-state index contributed by atoms with van der Waals surface area (Å²) in [5.41, 5.74) is 3.79. The van der Waals surface area contributed by atoms with Crippen LogP contribution in [0.25, 0.3) is 0 Å². The Morgan fingerprint density at radius 3 is 1.28 bits per heavy atom. The van der Waals surface area contributed by atoms with E-state index in [1.165, 1.54) is 86.1 Å². The monoisotopic (exact) mass is 1150 g/mol. The van der Waals surface area contributed by atoms with Gasteiger partial charge in [-0.05, 0) is 37.2 Å². The Morgan fingerprint density at radius 2 is 0.759 bits per heavy atom. The quantitative estimate of drug-likeness (QED) is 0.114. The van der Waals surface area contributed by atoms with Crippen molar-refractivity contribution in [1.82, 2.24) is 0 Å². The highest BCUT2D eigenvalue weighted by atomic mass is 32.3. The Morgan fingerprint density at radius 1 is 0.407 bits per heavy atom. The van der Waals surface area contributed by atoms with Gasteiger partial charge in [0.25, 0.3) is 0 Å². The molecule has 0 atom stereocenters. The molecule has 0 spiro atoms. The van der Waals surface area contributed by atoms with Crippen molar-refractivity contribution in [2.75, 3.05) is 41.6 Å². The van der Waals surface area contributed by atoms with Gasteiger partial charge in [-0.15, -0.1) is 70.6 Å². The van der Waals surface area contributed by atoms with Gasteiger partial charge >= 0.3 is 0 Å². The van der Waals surface area contributed by atoms with E-state index in [2.05, 4.69) is 68.2 Å². The van der Waals surface area contributed by atoms with Crippen LogP contribution in [0.5, 0.6) is 0 Å². The summed E-state index contributed by atoms with van der Waals surface area (Å²) in [7, 11) is 0. The molecule has 8 rings (SSSR count). The third-order valence-electron chi connectivity index (χ3n) is 6.51. The smallest absolute Gasteiger partial charge is 0.0949 e. The summed E-state index contributed by atoms with van der Waals surface area (Å²) in [6.45, 7) is 0. The van der Waals surface area contributed by atoms with Crippen LogP contribution in [0.4, 0.5) is 0 Å². The zero-order valence-electron chi connectivity index (χ0n) is 27.7. The lowest BCUT2D eigenvalue weighted by Crippen LogP contribution is -1.80. The number of rotatable bonds is 11. The molecule has 54 heavy (non-hydrogen) atoms. The van der Waals surface area contributed by atoms with Gasteiger partial charge in [0.2, 0.25) is 0 Å². The third-order valence-corrected chi connectivity index (χ3v) is 38.0. The molecule has 0 saturated carbocycles. The molecule has 0 saturated heterocycles. The predicted octanol–water partition coefficient (Wildman–Crippen LogP) is 19.6. The van der Waals surface area contributed by atoms with Crippen LogP contribution >= 0.6 is 284 Å². The lowest BCUT2D eigenvalue weighted by molar-refractivity contribution is 1.61. The van der Waals surface area contributed by atoms with Gasteiger partial charge in [0.1, 0.15) is 0 Å². The molecule has 0 N–H and O–H groups in total. The lowest BCUT2D eigenvalue weighted by Gasteiger charge is -2.05. The van der Waals surface area contributed by atoms with Crippen molar-refractivity contribution in [3.05, 3.63) is 104 Å². The second-order valence-electron chi connectivity index (χ2n) is 9.71. The van der Waals surface area contributed by atoms with Gasteiger partial charge in [0, 0.05) is 26.4 Å². The average Bonchev–Trinajstić information content (AvgIpc) is 4.02. The van der Waals surface area contributed by atoms with Crippen molar-refractivity contribution in [1.29, 1.82) is 0 Å². The number of hydrogen-bond acceptors (Lipinski definition) is 24. The molecule has 8 aliphatic heterocycles. The molecule has 0 amide bonds. The number of thioether (sulfide) groups is 22. The summed E-state index contributed by atoms with van der Waals surface area (Å²) in [4.78, 5) is 2.71. The van der Waals surface area contributed by atoms with Crippen LogP contribution in [-0.4, -0.2) is 41.6 Å². The van der Waals surface area contributed by atoms with Crippen molar-refractivity contribution in [2.24, 2.45) is 0 Å². The molecule has 0 fully saturated rings. The number of allylic oxidation sites excluding steroid dienone is 2. The van der Waals surface area contributed by atoms with E-state index in [9.17, 15) is 0 Å². The first-order valence-corrected chi connectivity index (χ1v) is 35.9. The molecule has 0 aromatic carbocycles. The van der Waals surface area contributed by atoms with Gasteiger partial charge in [-0.3, -0.25) is 0 Å². The van der Waals surface area contributed by atoms with E-state index in [4.69, 9.17) is 0 Å². The van der Waals surface area contributed by atoms with Gasteiger partial charge in [-0.2, -0.15) is 25.3 Å². The normalized spacial score (nSPS) is 24.0. The van der Waals surface area contributed by atoms with Crippen LogP contribution in [0.2, 0.25) is 0 Å². The molecule has 8 heterocycles. The molecular weight excluding hydrogens is 1130 g/mol. The minimum absolute atomic E-state index is 0.791. The van der Waals surface area contributed by atoms with Crippen molar-refractivity contribution >= 4 is 284 Å². The van der Waals surface area contributed by atoms with Crippen LogP contribution in [0.3, 0.4) is 0 Å². The Bertz CT molecular complexity index is 1960. The minimum Gasteiger partial charge on any atom is -0.174 e. The third kappa shape index (κ3) is 11.0. The second kappa shape index (κ2) is 22.0. The van der Waals surface area contributed by atoms with E-state index in [1.807, 2.05) is 259 Å². The topological polar surface area (TPSA) is 0 Å². The van der Waals surface area contributed by atoms with Gasteiger partial charge in [0.05, 0.1) is 76.3 Å². The largest absolute Gasteiger partial charge is 0.174 e. The maximum atomic E-state index is 4.53. The van der Waals surface area contributed by atoms with E-state index in [0.29, 0.717) is 0 Å². The fourth-order valence-electron chi connectivity index (χ4n) is 4.22. The minimum atomic E-state index is 0.791. The van der Waals surface area contributed by atoms with Crippen LogP contribution in [0.15, 0.2) is 104 Å². The summed E-state index contributed by atoms with van der Waals surface area (Å²) < 4.78 is 25.3. The van der Waals surface area contributed by atoms with Gasteiger partial charge in [0.15, 0.2) is 0 Å². The Balaban J connectivity index is 0.807. The molecule has 8 aliphatic rings. The fraction of sp³-hybridized carbons (Fsp3) is 0.233. The zero-order valence-corrected chi connectivity index (χ0v) is 47.4. The summed E-state index contributed by atoms with van der Waals surface area (Å²) >= 11 is 51.3. The first kappa shape index (κ1) is 45.9. The zero-order chi connectivity index (χ0) is 37.3. The molecule has 24 heteroatoms. The maximum Gasteiger partial charge on any atom is 0.0949 e. The van der Waals surface area contributed by atoms with Crippen molar-refractivity contribution < 1.29 is 0 Å². The molecule has 0 radical (unpaired) electrons. The van der Waals surface area contributed by atoms with Crippen molar-refractivity contribution in [3.8, 4) is 0 Å². The van der Waals surface area contributed by atoms with E-state index < -0.39 is 0 Å². The maximum absolute atomic E-state index is 4.53.